The summed E-state index contributed by atoms with van der Waals surface area (Å²) in [6.07, 6.45) is 0. The van der Waals surface area contributed by atoms with Gasteiger partial charge < -0.3 is 15.5 Å². The quantitative estimate of drug-likeness (QED) is 0.660. The van der Waals surface area contributed by atoms with Crippen LogP contribution in [-0.4, -0.2) is 33.8 Å². The van der Waals surface area contributed by atoms with Crippen LogP contribution in [0.5, 0.6) is 0 Å². The van der Waals surface area contributed by atoms with Crippen molar-refractivity contribution in [3.8, 4) is 0 Å². The van der Waals surface area contributed by atoms with E-state index in [1.807, 2.05) is 6.92 Å². The zero-order valence-corrected chi connectivity index (χ0v) is 8.54. The van der Waals surface area contributed by atoms with E-state index in [1.165, 1.54) is 0 Å². The molecule has 1 rings (SSSR count). The first-order valence-corrected chi connectivity index (χ1v) is 5.03. The molecule has 0 saturated carbocycles. The molecule has 6 heteroatoms. The maximum absolute atomic E-state index is 10.5. The van der Waals surface area contributed by atoms with Crippen LogP contribution in [0.1, 0.15) is 22.4 Å². The van der Waals surface area contributed by atoms with Crippen LogP contribution in [0.3, 0.4) is 0 Å². The highest BCUT2D eigenvalue weighted by atomic mass is 32.1. The predicted molar refractivity (Wildman–Crippen MR) is 52.5 cm³/mol. The molecule has 0 radical (unpaired) electrons. The van der Waals surface area contributed by atoms with Gasteiger partial charge in [-0.15, -0.1) is 11.3 Å². The number of aliphatic hydroxyl groups excluding tert-OH is 1. The van der Waals surface area contributed by atoms with Crippen molar-refractivity contribution in [1.82, 2.24) is 10.3 Å². The van der Waals surface area contributed by atoms with Gasteiger partial charge in [0.25, 0.3) is 0 Å². The van der Waals surface area contributed by atoms with Crippen molar-refractivity contribution in [2.45, 2.75) is 19.5 Å². The Labute approximate surface area is 85.4 Å². The maximum atomic E-state index is 10.5. The minimum atomic E-state index is -1.00. The van der Waals surface area contributed by atoms with E-state index >= 15 is 0 Å². The molecule has 0 aromatic carbocycles. The monoisotopic (exact) mass is 216 g/mol. The van der Waals surface area contributed by atoms with Crippen molar-refractivity contribution in [3.63, 3.8) is 0 Å². The van der Waals surface area contributed by atoms with Crippen molar-refractivity contribution < 1.29 is 15.0 Å². The SMILES string of the molecule is CC(CO)NCc1csc(C(=O)O)n1. The lowest BCUT2D eigenvalue weighted by Crippen LogP contribution is -2.28. The summed E-state index contributed by atoms with van der Waals surface area (Å²) in [5, 5.41) is 22.1. The number of hydrogen-bond donors (Lipinski definition) is 3. The van der Waals surface area contributed by atoms with Gasteiger partial charge in [0.05, 0.1) is 12.3 Å². The number of rotatable bonds is 5. The number of thiazole rings is 1. The predicted octanol–water partition coefficient (Wildman–Crippen LogP) is 0.312. The van der Waals surface area contributed by atoms with E-state index in [0.29, 0.717) is 12.2 Å². The molecule has 1 atom stereocenters. The Morgan fingerprint density at radius 1 is 1.79 bits per heavy atom. The average molecular weight is 216 g/mol. The molecule has 0 aliphatic heterocycles. The van der Waals surface area contributed by atoms with Crippen molar-refractivity contribution >= 4 is 17.3 Å². The smallest absolute Gasteiger partial charge is 0.365 e. The first-order valence-electron chi connectivity index (χ1n) is 4.15. The molecular formula is C8H12N2O3S. The highest BCUT2D eigenvalue weighted by molar-refractivity contribution is 7.11. The van der Waals surface area contributed by atoms with E-state index in [-0.39, 0.29) is 17.7 Å². The van der Waals surface area contributed by atoms with Gasteiger partial charge in [-0.3, -0.25) is 0 Å². The summed E-state index contributed by atoms with van der Waals surface area (Å²) in [7, 11) is 0. The molecule has 78 valence electrons. The fourth-order valence-electron chi connectivity index (χ4n) is 0.830. The third kappa shape index (κ3) is 3.06. The number of nitrogens with one attached hydrogen (secondary N) is 1. The van der Waals surface area contributed by atoms with Crippen molar-refractivity contribution in [1.29, 1.82) is 0 Å². The Bertz CT molecular complexity index is 313. The van der Waals surface area contributed by atoms with Crippen LogP contribution in [0.25, 0.3) is 0 Å². The van der Waals surface area contributed by atoms with Crippen LogP contribution in [0.15, 0.2) is 5.38 Å². The summed E-state index contributed by atoms with van der Waals surface area (Å²) in [5.41, 5.74) is 0.688. The summed E-state index contributed by atoms with van der Waals surface area (Å²) in [6, 6.07) is -0.00928. The van der Waals surface area contributed by atoms with Crippen molar-refractivity contribution in [3.05, 3.63) is 16.1 Å². The number of hydrogen-bond acceptors (Lipinski definition) is 5. The van der Waals surface area contributed by atoms with Gasteiger partial charge in [0.1, 0.15) is 0 Å². The highest BCUT2D eigenvalue weighted by Gasteiger charge is 2.09. The average Bonchev–Trinajstić information content (AvgIpc) is 2.62. The minimum Gasteiger partial charge on any atom is -0.476 e. The molecule has 0 aliphatic rings. The van der Waals surface area contributed by atoms with Crippen molar-refractivity contribution in [2.75, 3.05) is 6.61 Å². The van der Waals surface area contributed by atoms with Crippen LogP contribution in [-0.2, 0) is 6.54 Å². The Kier molecular flexibility index (Phi) is 3.99. The van der Waals surface area contributed by atoms with Gasteiger partial charge in [0.15, 0.2) is 0 Å². The van der Waals surface area contributed by atoms with E-state index in [2.05, 4.69) is 10.3 Å². The number of carboxylic acid groups (broad SMARTS) is 1. The summed E-state index contributed by atoms with van der Waals surface area (Å²) >= 11 is 1.10. The molecule has 0 bridgehead atoms. The van der Waals surface area contributed by atoms with Gasteiger partial charge in [-0.05, 0) is 6.92 Å². The van der Waals surface area contributed by atoms with Crippen LogP contribution >= 0.6 is 11.3 Å². The Hall–Kier alpha value is -0.980. The van der Waals surface area contributed by atoms with Crippen molar-refractivity contribution in [2.24, 2.45) is 0 Å². The number of aliphatic hydroxyl groups is 1. The zero-order chi connectivity index (χ0) is 10.6. The molecule has 1 heterocycles. The fraction of sp³-hybridized carbons (Fsp3) is 0.500. The van der Waals surface area contributed by atoms with Crippen LogP contribution in [0.4, 0.5) is 0 Å². The van der Waals surface area contributed by atoms with E-state index in [0.717, 1.165) is 11.3 Å². The topological polar surface area (TPSA) is 82.5 Å². The normalized spacial score (nSPS) is 12.7. The number of carbonyl (C=O) groups is 1. The largest absolute Gasteiger partial charge is 0.476 e. The van der Waals surface area contributed by atoms with E-state index < -0.39 is 5.97 Å². The lowest BCUT2D eigenvalue weighted by Gasteiger charge is -2.07. The lowest BCUT2D eigenvalue weighted by atomic mass is 10.3. The Balaban J connectivity index is 2.48. The number of nitrogens with zero attached hydrogens (tertiary/aromatic N) is 1. The molecule has 1 aromatic heterocycles. The second-order valence-corrected chi connectivity index (χ2v) is 3.77. The summed E-state index contributed by atoms with van der Waals surface area (Å²) < 4.78 is 0. The highest BCUT2D eigenvalue weighted by Crippen LogP contribution is 2.09. The number of aromatic carboxylic acids is 1. The molecule has 0 fully saturated rings. The van der Waals surface area contributed by atoms with Crippen LogP contribution in [0, 0.1) is 0 Å². The molecule has 0 saturated heterocycles. The van der Waals surface area contributed by atoms with Crippen LogP contribution < -0.4 is 5.32 Å². The molecule has 0 spiro atoms. The van der Waals surface area contributed by atoms with Gasteiger partial charge in [-0.2, -0.15) is 0 Å². The molecule has 14 heavy (non-hydrogen) atoms. The van der Waals surface area contributed by atoms with Gasteiger partial charge in [-0.1, -0.05) is 0 Å². The molecule has 0 aliphatic carbocycles. The van der Waals surface area contributed by atoms with E-state index in [4.69, 9.17) is 10.2 Å². The second-order valence-electron chi connectivity index (χ2n) is 2.91. The maximum Gasteiger partial charge on any atom is 0.365 e. The molecule has 3 N–H and O–H groups in total. The van der Waals surface area contributed by atoms with Gasteiger partial charge in [0.2, 0.25) is 5.01 Å². The summed E-state index contributed by atoms with van der Waals surface area (Å²) in [6.45, 7) is 2.37. The van der Waals surface area contributed by atoms with Crippen LogP contribution in [0.2, 0.25) is 0 Å². The Morgan fingerprint density at radius 2 is 2.50 bits per heavy atom. The third-order valence-corrected chi connectivity index (χ3v) is 2.52. The molecule has 5 nitrogen and oxygen atoms in total. The summed E-state index contributed by atoms with van der Waals surface area (Å²) in [4.78, 5) is 14.4. The lowest BCUT2D eigenvalue weighted by molar-refractivity contribution is 0.0696. The first kappa shape index (κ1) is 11.1. The first-order chi connectivity index (χ1) is 6.63. The van der Waals surface area contributed by atoms with E-state index in [9.17, 15) is 4.79 Å². The number of aromatic nitrogens is 1. The Morgan fingerprint density at radius 3 is 3.00 bits per heavy atom. The van der Waals surface area contributed by atoms with Gasteiger partial charge in [-0.25, -0.2) is 9.78 Å². The van der Waals surface area contributed by atoms with Gasteiger partial charge >= 0.3 is 5.97 Å². The summed E-state index contributed by atoms with van der Waals surface area (Å²) in [5.74, 6) is -1.00. The minimum absolute atomic E-state index is 0.00928. The van der Waals surface area contributed by atoms with E-state index in [1.54, 1.807) is 5.38 Å². The number of carboxylic acids is 1. The standard InChI is InChI=1S/C8H12N2O3S/c1-5(3-11)9-2-6-4-14-7(10-6)8(12)13/h4-5,9,11H,2-3H2,1H3,(H,12,13). The second kappa shape index (κ2) is 5.04. The third-order valence-electron chi connectivity index (χ3n) is 1.64. The fourth-order valence-corrected chi connectivity index (χ4v) is 1.48. The zero-order valence-electron chi connectivity index (χ0n) is 7.73. The van der Waals surface area contributed by atoms with Gasteiger partial charge in [0, 0.05) is 18.0 Å². The molecule has 1 aromatic rings. The molecule has 1 unspecified atom stereocenters. The molecular weight excluding hydrogens is 204 g/mol. The molecule has 0 amide bonds.